The van der Waals surface area contributed by atoms with Crippen molar-refractivity contribution in [3.63, 3.8) is 0 Å². The second-order valence-corrected chi connectivity index (χ2v) is 10.5. The van der Waals surface area contributed by atoms with Gasteiger partial charge in [0.25, 0.3) is 5.91 Å². The number of nitrogens with one attached hydrogen (secondary N) is 1. The number of carbonyl (C=O) groups is 1. The average molecular weight is 569 g/mol. The Hall–Kier alpha value is -3.71. The number of amides is 1. The Labute approximate surface area is 230 Å². The van der Waals surface area contributed by atoms with Crippen LogP contribution in [0.2, 0.25) is 0 Å². The molecule has 0 unspecified atom stereocenters. The molecule has 1 atom stereocenters. The topological polar surface area (TPSA) is 74.5 Å². The first-order valence-corrected chi connectivity index (χ1v) is 13.3. The van der Waals surface area contributed by atoms with E-state index in [0.717, 1.165) is 43.2 Å². The molecule has 1 amide bonds. The number of carbonyl (C=O) groups excluding carboxylic acids is 1. The predicted molar refractivity (Wildman–Crippen MR) is 155 cm³/mol. The molecule has 6 heteroatoms. The molecule has 0 saturated carbocycles. The summed E-state index contributed by atoms with van der Waals surface area (Å²) in [5.74, 6) is -0.0988. The second kappa shape index (κ2) is 11.0. The number of aliphatic hydroxyl groups is 2. The first kappa shape index (κ1) is 25.9. The quantitative estimate of drug-likeness (QED) is 0.187. The van der Waals surface area contributed by atoms with Crippen LogP contribution in [0.4, 0.5) is 0 Å². The third-order valence-electron chi connectivity index (χ3n) is 6.92. The summed E-state index contributed by atoms with van der Waals surface area (Å²) in [7, 11) is 0. The van der Waals surface area contributed by atoms with E-state index in [1.54, 1.807) is 12.1 Å². The Balaban J connectivity index is 1.34. The van der Waals surface area contributed by atoms with Crippen LogP contribution in [0.3, 0.4) is 0 Å². The Kier molecular flexibility index (Phi) is 7.47. The van der Waals surface area contributed by atoms with E-state index in [2.05, 4.69) is 51.1 Å². The molecule has 5 aromatic rings. The lowest BCUT2D eigenvalue weighted by Crippen LogP contribution is -2.26. The fourth-order valence-electron chi connectivity index (χ4n) is 4.83. The number of benzene rings is 4. The number of rotatable bonds is 7. The van der Waals surface area contributed by atoms with Crippen LogP contribution >= 0.6 is 15.9 Å². The molecule has 0 aliphatic rings. The smallest absolute Gasteiger partial charge is 0.251 e. The number of aromatic nitrogens is 1. The molecule has 0 fully saturated rings. The molecule has 5 nitrogen and oxygen atoms in total. The highest BCUT2D eigenvalue weighted by Gasteiger charge is 2.15. The molecule has 3 N–H and O–H groups in total. The van der Waals surface area contributed by atoms with Crippen LogP contribution in [0.1, 0.15) is 51.9 Å². The zero-order valence-electron chi connectivity index (χ0n) is 21.2. The molecule has 0 aliphatic carbocycles. The van der Waals surface area contributed by atoms with E-state index in [9.17, 15) is 15.0 Å². The Morgan fingerprint density at radius 3 is 2.37 bits per heavy atom. The van der Waals surface area contributed by atoms with E-state index in [4.69, 9.17) is 0 Å². The van der Waals surface area contributed by atoms with Crippen LogP contribution in [0.5, 0.6) is 0 Å². The molecule has 0 radical (unpaired) electrons. The van der Waals surface area contributed by atoms with Crippen molar-refractivity contribution in [3.05, 3.63) is 129 Å². The molecule has 192 valence electrons. The second-order valence-electron chi connectivity index (χ2n) is 9.58. The fourth-order valence-corrected chi connectivity index (χ4v) is 5.10. The summed E-state index contributed by atoms with van der Waals surface area (Å²) in [5, 5.41) is 23.6. The highest BCUT2D eigenvalue weighted by Crippen LogP contribution is 2.29. The molecule has 1 aromatic heterocycles. The number of aliphatic hydroxyl groups excluding tert-OH is 1. The van der Waals surface area contributed by atoms with Crippen molar-refractivity contribution >= 4 is 32.7 Å². The number of fused-ring (bicyclic) bond motifs is 1. The minimum Gasteiger partial charge on any atom is -0.364 e. The summed E-state index contributed by atoms with van der Waals surface area (Å²) in [6.07, 6.45) is 0.596. The van der Waals surface area contributed by atoms with Gasteiger partial charge in [-0.2, -0.15) is 0 Å². The van der Waals surface area contributed by atoms with Gasteiger partial charge >= 0.3 is 0 Å². The van der Waals surface area contributed by atoms with Crippen molar-refractivity contribution in [3.8, 4) is 11.1 Å². The van der Waals surface area contributed by atoms with Crippen molar-refractivity contribution in [1.29, 1.82) is 0 Å². The molecule has 0 saturated heterocycles. The normalized spacial score (nSPS) is 12.2. The summed E-state index contributed by atoms with van der Waals surface area (Å²) < 4.78 is 3.20. The molecule has 38 heavy (non-hydrogen) atoms. The molecule has 4 aromatic carbocycles. The number of hydrogen-bond acceptors (Lipinski definition) is 3. The summed E-state index contributed by atoms with van der Waals surface area (Å²) in [6.45, 7) is 4.73. The third kappa shape index (κ3) is 5.43. The maximum atomic E-state index is 13.0. The SMILES string of the molecule is Cc1cn(Cc2ccc(-c3ccccc3C(O)O)cc2)c2ccc(C(=O)N[C@@H](C)c3ccc(Br)cc3)cc12. The summed E-state index contributed by atoms with van der Waals surface area (Å²) in [4.78, 5) is 13.0. The number of aryl methyl sites for hydroxylation is 1. The van der Waals surface area contributed by atoms with Crippen LogP contribution in [-0.2, 0) is 6.54 Å². The lowest BCUT2D eigenvalue weighted by atomic mass is 9.98. The zero-order chi connectivity index (χ0) is 26.8. The first-order valence-electron chi connectivity index (χ1n) is 12.5. The standard InChI is InChI=1S/C32H29BrN2O3/c1-20-18-35(19-22-7-9-24(10-8-22)27-5-3-4-6-28(27)32(37)38)30-16-13-25(17-29(20)30)31(36)34-21(2)23-11-14-26(33)15-12-23/h3-18,21,32,37-38H,19H2,1-2H3,(H,34,36)/t21-/m0/s1. The Morgan fingerprint density at radius 2 is 1.66 bits per heavy atom. The van der Waals surface area contributed by atoms with E-state index < -0.39 is 6.29 Å². The molecule has 1 heterocycles. The average Bonchev–Trinajstić information content (AvgIpc) is 3.23. The maximum Gasteiger partial charge on any atom is 0.251 e. The molecular formula is C32H29BrN2O3. The van der Waals surface area contributed by atoms with Crippen LogP contribution < -0.4 is 5.32 Å². The minimum atomic E-state index is -1.52. The van der Waals surface area contributed by atoms with Gasteiger partial charge in [-0.15, -0.1) is 0 Å². The van der Waals surface area contributed by atoms with Crippen molar-refractivity contribution in [2.45, 2.75) is 32.7 Å². The van der Waals surface area contributed by atoms with Gasteiger partial charge in [0, 0.05) is 39.2 Å². The predicted octanol–water partition coefficient (Wildman–Crippen LogP) is 6.90. The minimum absolute atomic E-state index is 0.0988. The molecular weight excluding hydrogens is 540 g/mol. The van der Waals surface area contributed by atoms with Crippen LogP contribution in [-0.4, -0.2) is 20.7 Å². The van der Waals surface area contributed by atoms with Gasteiger partial charge in [-0.3, -0.25) is 4.79 Å². The van der Waals surface area contributed by atoms with E-state index in [0.29, 0.717) is 17.7 Å². The first-order chi connectivity index (χ1) is 18.3. The summed E-state index contributed by atoms with van der Waals surface area (Å²) in [6, 6.07) is 29.1. The molecule has 0 spiro atoms. The molecule has 5 rings (SSSR count). The van der Waals surface area contributed by atoms with Gasteiger partial charge in [-0.1, -0.05) is 76.6 Å². The number of halogens is 1. The monoisotopic (exact) mass is 568 g/mol. The summed E-state index contributed by atoms with van der Waals surface area (Å²) in [5.41, 5.74) is 7.20. The highest BCUT2D eigenvalue weighted by atomic mass is 79.9. The Bertz CT molecular complexity index is 1590. The lowest BCUT2D eigenvalue weighted by Gasteiger charge is -2.15. The molecule has 0 aliphatic heterocycles. The van der Waals surface area contributed by atoms with Gasteiger partial charge in [0.15, 0.2) is 6.29 Å². The van der Waals surface area contributed by atoms with Crippen molar-refractivity contribution in [2.75, 3.05) is 0 Å². The van der Waals surface area contributed by atoms with E-state index in [1.165, 1.54) is 0 Å². The fraction of sp³-hybridized carbons (Fsp3) is 0.156. The van der Waals surface area contributed by atoms with Gasteiger partial charge in [0.2, 0.25) is 0 Å². The number of nitrogens with zero attached hydrogens (tertiary/aromatic N) is 1. The zero-order valence-corrected chi connectivity index (χ0v) is 22.8. The van der Waals surface area contributed by atoms with E-state index in [-0.39, 0.29) is 11.9 Å². The van der Waals surface area contributed by atoms with Gasteiger partial charge in [-0.25, -0.2) is 0 Å². The van der Waals surface area contributed by atoms with Crippen LogP contribution in [0.25, 0.3) is 22.0 Å². The highest BCUT2D eigenvalue weighted by molar-refractivity contribution is 9.10. The van der Waals surface area contributed by atoms with Crippen LogP contribution in [0, 0.1) is 6.92 Å². The maximum absolute atomic E-state index is 13.0. The lowest BCUT2D eigenvalue weighted by molar-refractivity contribution is -0.0420. The van der Waals surface area contributed by atoms with Gasteiger partial charge < -0.3 is 20.1 Å². The van der Waals surface area contributed by atoms with Crippen molar-refractivity contribution < 1.29 is 15.0 Å². The van der Waals surface area contributed by atoms with Crippen LogP contribution in [0.15, 0.2) is 102 Å². The molecule has 0 bridgehead atoms. The van der Waals surface area contributed by atoms with Crippen molar-refractivity contribution in [1.82, 2.24) is 9.88 Å². The number of hydrogen-bond donors (Lipinski definition) is 3. The van der Waals surface area contributed by atoms with Gasteiger partial charge in [0.1, 0.15) is 0 Å². The largest absolute Gasteiger partial charge is 0.364 e. The van der Waals surface area contributed by atoms with Gasteiger partial charge in [0.05, 0.1) is 6.04 Å². The van der Waals surface area contributed by atoms with E-state index >= 15 is 0 Å². The van der Waals surface area contributed by atoms with E-state index in [1.807, 2.05) is 73.7 Å². The Morgan fingerprint density at radius 1 is 0.947 bits per heavy atom. The third-order valence-corrected chi connectivity index (χ3v) is 7.45. The van der Waals surface area contributed by atoms with Gasteiger partial charge in [-0.05, 0) is 72.0 Å². The van der Waals surface area contributed by atoms with Crippen molar-refractivity contribution in [2.24, 2.45) is 0 Å². The summed E-state index contributed by atoms with van der Waals surface area (Å²) >= 11 is 3.45.